The van der Waals surface area contributed by atoms with Gasteiger partial charge in [-0.05, 0) is 5.56 Å². The Kier molecular flexibility index (Phi) is 8.00. The lowest BCUT2D eigenvalue weighted by Gasteiger charge is -2.00. The molecule has 0 aromatic heterocycles. The first kappa shape index (κ1) is 15.6. The number of carboxylic acid groups (broad SMARTS) is 2. The quantitative estimate of drug-likeness (QED) is 0.583. The number of benzene rings is 1. The fourth-order valence-corrected chi connectivity index (χ4v) is 1.16. The molecule has 0 radical (unpaired) electrons. The molecule has 0 bridgehead atoms. The highest BCUT2D eigenvalue weighted by atomic mass is 79.9. The Balaban J connectivity index is 0.000000304. The lowest BCUT2D eigenvalue weighted by Crippen LogP contribution is -2.00. The smallest absolute Gasteiger partial charge is 0.303 e. The van der Waals surface area contributed by atoms with Crippen LogP contribution in [0.4, 0.5) is 0 Å². The average molecular weight is 304 g/mol. The predicted octanol–water partition coefficient (Wildman–Crippen LogP) is 1.97. The van der Waals surface area contributed by atoms with Crippen molar-refractivity contribution in [3.05, 3.63) is 35.9 Å². The first-order chi connectivity index (χ1) is 7.93. The van der Waals surface area contributed by atoms with E-state index in [1.165, 1.54) is 0 Å². The van der Waals surface area contributed by atoms with Crippen molar-refractivity contribution in [1.29, 1.82) is 0 Å². The zero-order chi connectivity index (χ0) is 13.3. The van der Waals surface area contributed by atoms with Gasteiger partial charge in [0.05, 0.1) is 17.8 Å². The number of rotatable bonds is 4. The molecular weight excluding hydrogens is 290 g/mol. The molecule has 6 heteroatoms. The van der Waals surface area contributed by atoms with Gasteiger partial charge in [-0.15, -0.1) is 0 Å². The molecule has 0 amide bonds. The molecule has 0 fully saturated rings. The van der Waals surface area contributed by atoms with E-state index in [9.17, 15) is 9.59 Å². The Labute approximate surface area is 107 Å². The van der Waals surface area contributed by atoms with Crippen LogP contribution in [0, 0.1) is 0 Å². The number of halogens is 1. The molecule has 0 saturated heterocycles. The van der Waals surface area contributed by atoms with Crippen LogP contribution in [0.1, 0.15) is 23.4 Å². The van der Waals surface area contributed by atoms with E-state index < -0.39 is 11.9 Å². The normalized spacial score (nSPS) is 10.9. The highest BCUT2D eigenvalue weighted by Crippen LogP contribution is 2.14. The lowest BCUT2D eigenvalue weighted by molar-refractivity contribution is -0.143. The molecule has 0 aliphatic heterocycles. The first-order valence-electron chi connectivity index (χ1n) is 4.81. The zero-order valence-electron chi connectivity index (χ0n) is 9.04. The Bertz CT molecular complexity index is 340. The summed E-state index contributed by atoms with van der Waals surface area (Å²) in [6.07, 6.45) is -0.593. The van der Waals surface area contributed by atoms with E-state index in [0.717, 1.165) is 5.56 Å². The maximum atomic E-state index is 9.64. The number of hydrogen-bond donors (Lipinski definition) is 3. The van der Waals surface area contributed by atoms with Crippen LogP contribution in [0.5, 0.6) is 0 Å². The van der Waals surface area contributed by atoms with Gasteiger partial charge in [0.1, 0.15) is 0 Å². The first-order valence-corrected chi connectivity index (χ1v) is 5.73. The summed E-state index contributed by atoms with van der Waals surface area (Å²) in [6, 6.07) is 9.88. The fourth-order valence-electron chi connectivity index (χ4n) is 0.851. The molecule has 0 aliphatic carbocycles. The van der Waals surface area contributed by atoms with Crippen molar-refractivity contribution in [3.8, 4) is 0 Å². The number of aliphatic carboxylic acids is 2. The summed E-state index contributed by atoms with van der Waals surface area (Å²) < 4.78 is 0. The van der Waals surface area contributed by atoms with E-state index in [1.807, 2.05) is 30.3 Å². The van der Waals surface area contributed by atoms with Gasteiger partial charge in [-0.25, -0.2) is 0 Å². The van der Waals surface area contributed by atoms with Gasteiger partial charge in [-0.3, -0.25) is 9.59 Å². The molecule has 0 aliphatic rings. The third-order valence-electron chi connectivity index (χ3n) is 1.67. The number of hydrogen-bond acceptors (Lipinski definition) is 3. The van der Waals surface area contributed by atoms with E-state index in [1.54, 1.807) is 0 Å². The summed E-state index contributed by atoms with van der Waals surface area (Å²) in [5, 5.41) is 15.8. The van der Waals surface area contributed by atoms with Crippen molar-refractivity contribution in [2.45, 2.75) is 17.8 Å². The second-order valence-corrected chi connectivity index (χ2v) is 4.09. The average Bonchev–Trinajstić information content (AvgIpc) is 2.28. The van der Waals surface area contributed by atoms with Crippen LogP contribution in [0.25, 0.3) is 0 Å². The molecule has 0 spiro atoms. The highest BCUT2D eigenvalue weighted by molar-refractivity contribution is 9.09. The molecule has 94 valence electrons. The van der Waals surface area contributed by atoms with Gasteiger partial charge >= 0.3 is 11.9 Å². The molecule has 5 nitrogen and oxygen atoms in total. The molecular formula is C11H14BrNO4. The Morgan fingerprint density at radius 3 is 1.76 bits per heavy atom. The van der Waals surface area contributed by atoms with Gasteiger partial charge in [0.2, 0.25) is 0 Å². The van der Waals surface area contributed by atoms with E-state index in [0.29, 0.717) is 0 Å². The lowest BCUT2D eigenvalue weighted by atomic mass is 10.2. The van der Waals surface area contributed by atoms with Crippen molar-refractivity contribution >= 4 is 27.9 Å². The Hall–Kier alpha value is -1.40. The summed E-state index contributed by atoms with van der Waals surface area (Å²) in [5.74, 6) is -2.15. The third kappa shape index (κ3) is 9.52. The van der Waals surface area contributed by atoms with Gasteiger partial charge in [0.25, 0.3) is 0 Å². The largest absolute Gasteiger partial charge is 0.481 e. The Morgan fingerprint density at radius 1 is 1.12 bits per heavy atom. The minimum Gasteiger partial charge on any atom is -0.481 e. The van der Waals surface area contributed by atoms with E-state index in [-0.39, 0.29) is 17.8 Å². The molecule has 1 rings (SSSR count). The fraction of sp³-hybridized carbons (Fsp3) is 0.273. The van der Waals surface area contributed by atoms with Crippen molar-refractivity contribution < 1.29 is 19.8 Å². The topological polar surface area (TPSA) is 101 Å². The van der Waals surface area contributed by atoms with Gasteiger partial charge in [0, 0.05) is 0 Å². The SMILES string of the molecule is NC(Br)c1ccccc1.O=C(O)CCC(=O)O. The maximum absolute atomic E-state index is 9.64. The van der Waals surface area contributed by atoms with Crippen LogP contribution in [-0.4, -0.2) is 22.2 Å². The predicted molar refractivity (Wildman–Crippen MR) is 66.8 cm³/mol. The molecule has 4 N–H and O–H groups in total. The second-order valence-electron chi connectivity index (χ2n) is 3.10. The van der Waals surface area contributed by atoms with Crippen molar-refractivity contribution in [2.24, 2.45) is 5.73 Å². The molecule has 1 aromatic carbocycles. The molecule has 0 heterocycles. The van der Waals surface area contributed by atoms with Gasteiger partial charge < -0.3 is 15.9 Å². The van der Waals surface area contributed by atoms with Crippen molar-refractivity contribution in [3.63, 3.8) is 0 Å². The molecule has 17 heavy (non-hydrogen) atoms. The van der Waals surface area contributed by atoms with E-state index >= 15 is 0 Å². The maximum Gasteiger partial charge on any atom is 0.303 e. The van der Waals surface area contributed by atoms with Crippen LogP contribution >= 0.6 is 15.9 Å². The third-order valence-corrected chi connectivity index (χ3v) is 2.20. The monoisotopic (exact) mass is 303 g/mol. The molecule has 1 atom stereocenters. The minimum atomic E-state index is -1.08. The summed E-state index contributed by atoms with van der Waals surface area (Å²) in [7, 11) is 0. The molecule has 1 unspecified atom stereocenters. The summed E-state index contributed by atoms with van der Waals surface area (Å²) in [6.45, 7) is 0. The minimum absolute atomic E-state index is 0.0290. The van der Waals surface area contributed by atoms with E-state index in [4.69, 9.17) is 15.9 Å². The van der Waals surface area contributed by atoms with E-state index in [2.05, 4.69) is 15.9 Å². The Morgan fingerprint density at radius 2 is 1.53 bits per heavy atom. The van der Waals surface area contributed by atoms with Crippen molar-refractivity contribution in [1.82, 2.24) is 0 Å². The highest BCUT2D eigenvalue weighted by Gasteiger charge is 2.00. The number of alkyl halides is 1. The summed E-state index contributed by atoms with van der Waals surface area (Å²) in [5.41, 5.74) is 6.64. The zero-order valence-corrected chi connectivity index (χ0v) is 10.6. The number of carbonyl (C=O) groups is 2. The molecule has 0 saturated carbocycles. The van der Waals surface area contributed by atoms with Crippen LogP contribution in [0.15, 0.2) is 30.3 Å². The number of carboxylic acids is 2. The van der Waals surface area contributed by atoms with Gasteiger partial charge in [-0.1, -0.05) is 46.3 Å². The second kappa shape index (κ2) is 8.72. The summed E-state index contributed by atoms with van der Waals surface area (Å²) in [4.78, 5) is 19.3. The van der Waals surface area contributed by atoms with Gasteiger partial charge in [-0.2, -0.15) is 0 Å². The standard InChI is InChI=1S/C7H8BrN.C4H6O4/c8-7(9)6-4-2-1-3-5-6;5-3(6)1-2-4(7)8/h1-5,7H,9H2;1-2H2,(H,5,6)(H,7,8). The summed E-state index contributed by atoms with van der Waals surface area (Å²) >= 11 is 3.26. The van der Waals surface area contributed by atoms with Crippen molar-refractivity contribution in [2.75, 3.05) is 0 Å². The van der Waals surface area contributed by atoms with Crippen LogP contribution in [0.2, 0.25) is 0 Å². The van der Waals surface area contributed by atoms with Gasteiger partial charge in [0.15, 0.2) is 0 Å². The molecule has 1 aromatic rings. The van der Waals surface area contributed by atoms with Crippen LogP contribution in [0.3, 0.4) is 0 Å². The number of nitrogens with two attached hydrogens (primary N) is 1. The van der Waals surface area contributed by atoms with Crippen LogP contribution in [-0.2, 0) is 9.59 Å². The van der Waals surface area contributed by atoms with Crippen LogP contribution < -0.4 is 5.73 Å².